The molecule has 0 radical (unpaired) electrons. The maximum absolute atomic E-state index is 13.2. The first kappa shape index (κ1) is 16.6. The fourth-order valence-electron chi connectivity index (χ4n) is 1.55. The molecule has 0 aliphatic carbocycles. The molecule has 110 valence electrons. The Kier molecular flexibility index (Phi) is 5.68. The second kappa shape index (κ2) is 6.83. The normalized spacial score (nSPS) is 12.7. The number of benzene rings is 1. The third kappa shape index (κ3) is 5.28. The zero-order chi connectivity index (χ0) is 15.3. The minimum absolute atomic E-state index is 0.0807. The summed E-state index contributed by atoms with van der Waals surface area (Å²) in [6, 6.07) is 3.76. The number of carbonyl (C=O) groups is 2. The van der Waals surface area contributed by atoms with Gasteiger partial charge in [-0.1, -0.05) is 6.07 Å². The van der Waals surface area contributed by atoms with Crippen molar-refractivity contribution in [3.05, 3.63) is 34.1 Å². The number of carbonyl (C=O) groups excluding carboxylic acids is 2. The van der Waals surface area contributed by atoms with E-state index in [-0.39, 0.29) is 10.9 Å². The van der Waals surface area contributed by atoms with Gasteiger partial charge in [-0.05, 0) is 54.4 Å². The van der Waals surface area contributed by atoms with Crippen LogP contribution >= 0.6 is 15.9 Å². The Bertz CT molecular complexity index is 500. The molecule has 1 atom stereocenters. The summed E-state index contributed by atoms with van der Waals surface area (Å²) >= 11 is 3.07. The molecular formula is C14H17BrFNO3. The molecule has 6 heteroatoms. The summed E-state index contributed by atoms with van der Waals surface area (Å²) in [6.45, 7) is 5.24. The number of hydrogen-bond acceptors (Lipinski definition) is 3. The van der Waals surface area contributed by atoms with Crippen LogP contribution in [0.25, 0.3) is 0 Å². The van der Waals surface area contributed by atoms with Crippen molar-refractivity contribution in [3.63, 3.8) is 0 Å². The van der Waals surface area contributed by atoms with Gasteiger partial charge in [0, 0.05) is 6.42 Å². The highest BCUT2D eigenvalue weighted by molar-refractivity contribution is 9.10. The van der Waals surface area contributed by atoms with E-state index in [1.165, 1.54) is 18.2 Å². The van der Waals surface area contributed by atoms with Gasteiger partial charge in [-0.15, -0.1) is 0 Å². The third-order valence-electron chi connectivity index (χ3n) is 2.37. The van der Waals surface area contributed by atoms with Crippen LogP contribution in [0.2, 0.25) is 0 Å². The maximum Gasteiger partial charge on any atom is 0.408 e. The molecule has 0 saturated heterocycles. The standard InChI is InChI=1S/C14H17BrFNO3/c1-14(2,3)20-13(19)17-12(6-7-18)9-4-5-11(16)10(15)8-9/h4-5,7-8,12H,6H2,1-3H3,(H,17,19)/t12-/m0/s1. The highest BCUT2D eigenvalue weighted by Gasteiger charge is 2.20. The molecule has 0 heterocycles. The first-order chi connectivity index (χ1) is 9.23. The van der Waals surface area contributed by atoms with Crippen molar-refractivity contribution in [2.45, 2.75) is 38.8 Å². The largest absolute Gasteiger partial charge is 0.444 e. The Hall–Kier alpha value is -1.43. The molecule has 1 aromatic carbocycles. The van der Waals surface area contributed by atoms with Crippen molar-refractivity contribution in [2.24, 2.45) is 0 Å². The molecular weight excluding hydrogens is 329 g/mol. The van der Waals surface area contributed by atoms with Crippen LogP contribution < -0.4 is 5.32 Å². The molecule has 1 rings (SSSR count). The first-order valence-electron chi connectivity index (χ1n) is 6.11. The molecule has 0 bridgehead atoms. The lowest BCUT2D eigenvalue weighted by Crippen LogP contribution is -2.35. The van der Waals surface area contributed by atoms with Crippen LogP contribution in [0.3, 0.4) is 0 Å². The van der Waals surface area contributed by atoms with Gasteiger partial charge >= 0.3 is 6.09 Å². The Morgan fingerprint density at radius 3 is 2.65 bits per heavy atom. The van der Waals surface area contributed by atoms with E-state index in [0.29, 0.717) is 11.8 Å². The number of nitrogens with one attached hydrogen (secondary N) is 1. The molecule has 0 unspecified atom stereocenters. The predicted molar refractivity (Wildman–Crippen MR) is 76.9 cm³/mol. The summed E-state index contributed by atoms with van der Waals surface area (Å²) in [5.74, 6) is -0.407. The molecule has 1 aromatic rings. The Labute approximate surface area is 125 Å². The van der Waals surface area contributed by atoms with Gasteiger partial charge in [0.25, 0.3) is 0 Å². The van der Waals surface area contributed by atoms with Crippen LogP contribution in [0.5, 0.6) is 0 Å². The Morgan fingerprint density at radius 2 is 2.15 bits per heavy atom. The maximum atomic E-state index is 13.2. The van der Waals surface area contributed by atoms with E-state index in [1.54, 1.807) is 20.8 Å². The van der Waals surface area contributed by atoms with Gasteiger partial charge in [-0.3, -0.25) is 0 Å². The van der Waals surface area contributed by atoms with E-state index in [0.717, 1.165) is 0 Å². The predicted octanol–water partition coefficient (Wildman–Crippen LogP) is 3.74. The summed E-state index contributed by atoms with van der Waals surface area (Å²) in [5, 5.41) is 2.60. The molecule has 0 aliphatic rings. The van der Waals surface area contributed by atoms with E-state index in [1.807, 2.05) is 0 Å². The quantitative estimate of drug-likeness (QED) is 0.845. The van der Waals surface area contributed by atoms with Gasteiger partial charge in [0.1, 0.15) is 17.7 Å². The minimum Gasteiger partial charge on any atom is -0.444 e. The van der Waals surface area contributed by atoms with Crippen molar-refractivity contribution in [1.82, 2.24) is 5.32 Å². The summed E-state index contributed by atoms with van der Waals surface area (Å²) in [4.78, 5) is 22.5. The number of hydrogen-bond donors (Lipinski definition) is 1. The smallest absolute Gasteiger partial charge is 0.408 e. The lowest BCUT2D eigenvalue weighted by atomic mass is 10.0. The van der Waals surface area contributed by atoms with Crippen LogP contribution in [0, 0.1) is 5.82 Å². The Balaban J connectivity index is 2.85. The fourth-order valence-corrected chi connectivity index (χ4v) is 1.95. The average molecular weight is 346 g/mol. The van der Waals surface area contributed by atoms with Gasteiger partial charge in [0.05, 0.1) is 10.5 Å². The zero-order valence-corrected chi connectivity index (χ0v) is 13.2. The van der Waals surface area contributed by atoms with Gasteiger partial charge in [0.15, 0.2) is 0 Å². The lowest BCUT2D eigenvalue weighted by Gasteiger charge is -2.23. The molecule has 0 saturated carbocycles. The molecule has 0 aromatic heterocycles. The number of ether oxygens (including phenoxy) is 1. The van der Waals surface area contributed by atoms with Crippen molar-refractivity contribution in [3.8, 4) is 0 Å². The van der Waals surface area contributed by atoms with E-state index in [9.17, 15) is 14.0 Å². The second-order valence-corrected chi connectivity index (χ2v) is 6.13. The van der Waals surface area contributed by atoms with E-state index < -0.39 is 23.6 Å². The van der Waals surface area contributed by atoms with E-state index in [2.05, 4.69) is 21.2 Å². The first-order valence-corrected chi connectivity index (χ1v) is 6.90. The lowest BCUT2D eigenvalue weighted by molar-refractivity contribution is -0.108. The van der Waals surface area contributed by atoms with Gasteiger partial charge in [-0.2, -0.15) is 0 Å². The van der Waals surface area contributed by atoms with Crippen LogP contribution in [0.15, 0.2) is 22.7 Å². The molecule has 1 N–H and O–H groups in total. The summed E-state index contributed by atoms with van der Waals surface area (Å²) in [5.41, 5.74) is -0.00429. The number of alkyl carbamates (subject to hydrolysis) is 1. The van der Waals surface area contributed by atoms with Crippen molar-refractivity contribution >= 4 is 28.3 Å². The number of halogens is 2. The average Bonchev–Trinajstić information content (AvgIpc) is 2.30. The molecule has 0 spiro atoms. The van der Waals surface area contributed by atoms with E-state index in [4.69, 9.17) is 4.74 Å². The molecule has 1 amide bonds. The van der Waals surface area contributed by atoms with Crippen molar-refractivity contribution < 1.29 is 18.7 Å². The number of amides is 1. The summed E-state index contributed by atoms with van der Waals surface area (Å²) in [7, 11) is 0. The van der Waals surface area contributed by atoms with Gasteiger partial charge < -0.3 is 14.8 Å². The van der Waals surface area contributed by atoms with Gasteiger partial charge in [0.2, 0.25) is 0 Å². The van der Waals surface area contributed by atoms with Gasteiger partial charge in [-0.25, -0.2) is 9.18 Å². The highest BCUT2D eigenvalue weighted by Crippen LogP contribution is 2.23. The molecule has 0 fully saturated rings. The van der Waals surface area contributed by atoms with Crippen molar-refractivity contribution in [2.75, 3.05) is 0 Å². The Morgan fingerprint density at radius 1 is 1.50 bits per heavy atom. The molecule has 0 aliphatic heterocycles. The van der Waals surface area contributed by atoms with Crippen molar-refractivity contribution in [1.29, 1.82) is 0 Å². The fraction of sp³-hybridized carbons (Fsp3) is 0.429. The van der Waals surface area contributed by atoms with Crippen LogP contribution in [-0.4, -0.2) is 18.0 Å². The summed E-state index contributed by atoms with van der Waals surface area (Å²) in [6.07, 6.45) is 0.154. The van der Waals surface area contributed by atoms with Crippen LogP contribution in [0.4, 0.5) is 9.18 Å². The second-order valence-electron chi connectivity index (χ2n) is 5.27. The highest BCUT2D eigenvalue weighted by atomic mass is 79.9. The van der Waals surface area contributed by atoms with E-state index >= 15 is 0 Å². The SMILES string of the molecule is CC(C)(C)OC(=O)N[C@@H](CC=O)c1ccc(F)c(Br)c1. The monoisotopic (exact) mass is 345 g/mol. The topological polar surface area (TPSA) is 55.4 Å². The van der Waals surface area contributed by atoms with Crippen LogP contribution in [0.1, 0.15) is 38.8 Å². The summed E-state index contributed by atoms with van der Waals surface area (Å²) < 4.78 is 18.6. The number of aldehydes is 1. The minimum atomic E-state index is -0.626. The zero-order valence-electron chi connectivity index (χ0n) is 11.6. The molecule has 20 heavy (non-hydrogen) atoms. The third-order valence-corrected chi connectivity index (χ3v) is 2.98. The van der Waals surface area contributed by atoms with Crippen LogP contribution in [-0.2, 0) is 9.53 Å². The molecule has 4 nitrogen and oxygen atoms in total. The number of rotatable bonds is 4.